The third-order valence-corrected chi connectivity index (χ3v) is 6.46. The number of ether oxygens (including phenoxy) is 1. The number of fused-ring (bicyclic) bond motifs is 1. The number of alkyl halides is 1. The van der Waals surface area contributed by atoms with Crippen LogP contribution in [0.25, 0.3) is 10.9 Å². The van der Waals surface area contributed by atoms with Crippen molar-refractivity contribution in [1.82, 2.24) is 20.5 Å². The molecule has 0 aliphatic carbocycles. The average molecular weight is 541 g/mol. The maximum atomic E-state index is 13.4. The van der Waals surface area contributed by atoms with Gasteiger partial charge < -0.3 is 30.2 Å². The number of carbonyl (C=O) groups excluding carboxylic acids is 1. The van der Waals surface area contributed by atoms with E-state index >= 15 is 0 Å². The molecule has 2 aromatic carbocycles. The van der Waals surface area contributed by atoms with Gasteiger partial charge in [-0.2, -0.15) is 5.26 Å². The van der Waals surface area contributed by atoms with Crippen LogP contribution >= 0.6 is 11.6 Å². The molecular formula is C28H37ClN6O3. The average Bonchev–Trinajstić information content (AvgIpc) is 2.94. The number of carbonyl (C=O) groups is 1. The lowest BCUT2D eigenvalue weighted by atomic mass is 10.1. The van der Waals surface area contributed by atoms with Gasteiger partial charge in [-0.15, -0.1) is 11.6 Å². The van der Waals surface area contributed by atoms with E-state index in [9.17, 15) is 14.9 Å². The van der Waals surface area contributed by atoms with Crippen LogP contribution in [0.2, 0.25) is 0 Å². The Morgan fingerprint density at radius 1 is 1.05 bits per heavy atom. The van der Waals surface area contributed by atoms with Gasteiger partial charge in [0.25, 0.3) is 11.5 Å². The maximum Gasteiger partial charge on any atom is 0.271 e. The molecule has 0 bridgehead atoms. The number of methoxy groups -OCH3 is 1. The summed E-state index contributed by atoms with van der Waals surface area (Å²) in [5.74, 6) is 0.674. The number of nitriles is 1. The van der Waals surface area contributed by atoms with E-state index in [2.05, 4.69) is 27.5 Å². The summed E-state index contributed by atoms with van der Waals surface area (Å²) in [6.07, 6.45) is 2.28. The highest BCUT2D eigenvalue weighted by Crippen LogP contribution is 2.30. The number of benzene rings is 2. The van der Waals surface area contributed by atoms with Gasteiger partial charge >= 0.3 is 0 Å². The lowest BCUT2D eigenvalue weighted by Crippen LogP contribution is -2.49. The van der Waals surface area contributed by atoms with Crippen molar-refractivity contribution in [1.29, 1.82) is 5.26 Å². The largest absolute Gasteiger partial charge is 0.497 e. The molecule has 0 radical (unpaired) electrons. The number of amides is 1. The molecule has 204 valence electrons. The molecule has 3 aromatic rings. The molecular weight excluding hydrogens is 504 g/mol. The van der Waals surface area contributed by atoms with Crippen molar-refractivity contribution in [3.63, 3.8) is 0 Å². The fourth-order valence-electron chi connectivity index (χ4n) is 4.64. The fraction of sp³-hybridized carbons (Fsp3) is 0.393. The Bertz CT molecular complexity index is 1310. The van der Waals surface area contributed by atoms with E-state index in [1.807, 2.05) is 43.3 Å². The van der Waals surface area contributed by atoms with Gasteiger partial charge in [0.15, 0.2) is 0 Å². The highest BCUT2D eigenvalue weighted by Gasteiger charge is 2.27. The number of aromatic nitrogens is 1. The second-order valence-corrected chi connectivity index (χ2v) is 8.97. The molecule has 1 fully saturated rings. The third kappa shape index (κ3) is 6.64. The molecule has 0 spiro atoms. The van der Waals surface area contributed by atoms with Crippen LogP contribution in [0.5, 0.6) is 5.75 Å². The van der Waals surface area contributed by atoms with E-state index in [4.69, 9.17) is 4.74 Å². The van der Waals surface area contributed by atoms with Crippen LogP contribution < -0.4 is 21.3 Å². The summed E-state index contributed by atoms with van der Waals surface area (Å²) in [5.41, 5.74) is 2.04. The minimum atomic E-state index is -0.253. The Balaban J connectivity index is 0.00000165. The first-order valence-corrected chi connectivity index (χ1v) is 13.0. The lowest BCUT2D eigenvalue weighted by Gasteiger charge is -2.37. The molecule has 1 saturated heterocycles. The smallest absolute Gasteiger partial charge is 0.271 e. The summed E-state index contributed by atoms with van der Waals surface area (Å²) in [6, 6.07) is 17.1. The van der Waals surface area contributed by atoms with E-state index in [0.717, 1.165) is 23.9 Å². The number of para-hydroxylation sites is 1. The predicted molar refractivity (Wildman–Crippen MR) is 154 cm³/mol. The summed E-state index contributed by atoms with van der Waals surface area (Å²) in [7, 11) is 5.60. The number of nitrogens with zero attached hydrogens (tertiary/aromatic N) is 5. The maximum absolute atomic E-state index is 13.4. The van der Waals surface area contributed by atoms with Crippen molar-refractivity contribution in [2.75, 3.05) is 65.2 Å². The Kier molecular flexibility index (Phi) is 11.6. The van der Waals surface area contributed by atoms with E-state index in [0.29, 0.717) is 49.7 Å². The minimum absolute atomic E-state index is 0. The van der Waals surface area contributed by atoms with Crippen LogP contribution in [0.15, 0.2) is 53.3 Å². The van der Waals surface area contributed by atoms with E-state index in [1.54, 1.807) is 35.9 Å². The SMILES string of the molecule is CCl.COc1ccc(C(=O)N2CCN(c3c(C#N)c(=O)n(CCCN(C)C)c4ccccc34)CC2)cc1.N. The van der Waals surface area contributed by atoms with Gasteiger partial charge in [-0.25, -0.2) is 0 Å². The van der Waals surface area contributed by atoms with E-state index < -0.39 is 0 Å². The third-order valence-electron chi connectivity index (χ3n) is 6.46. The first kappa shape index (κ1) is 30.6. The van der Waals surface area contributed by atoms with Gasteiger partial charge in [-0.05, 0) is 57.4 Å². The van der Waals surface area contributed by atoms with Crippen molar-refractivity contribution >= 4 is 34.1 Å². The lowest BCUT2D eigenvalue weighted by molar-refractivity contribution is 0.0747. The molecule has 4 rings (SSSR count). The molecule has 1 aliphatic heterocycles. The number of rotatable bonds is 7. The van der Waals surface area contributed by atoms with Crippen molar-refractivity contribution in [2.24, 2.45) is 0 Å². The number of hydrogen-bond acceptors (Lipinski definition) is 7. The predicted octanol–water partition coefficient (Wildman–Crippen LogP) is 3.81. The quantitative estimate of drug-likeness (QED) is 0.453. The summed E-state index contributed by atoms with van der Waals surface area (Å²) < 4.78 is 6.90. The van der Waals surface area contributed by atoms with E-state index in [-0.39, 0.29) is 23.2 Å². The molecule has 1 amide bonds. The summed E-state index contributed by atoms with van der Waals surface area (Å²) >= 11 is 4.64. The van der Waals surface area contributed by atoms with Gasteiger partial charge in [-0.1, -0.05) is 18.2 Å². The normalized spacial score (nSPS) is 12.9. The van der Waals surface area contributed by atoms with Crippen LogP contribution in [-0.4, -0.2) is 80.6 Å². The van der Waals surface area contributed by atoms with Gasteiger partial charge in [-0.3, -0.25) is 9.59 Å². The number of anilines is 1. The second-order valence-electron chi connectivity index (χ2n) is 8.97. The molecule has 38 heavy (non-hydrogen) atoms. The molecule has 0 saturated carbocycles. The second kappa shape index (κ2) is 14.4. The highest BCUT2D eigenvalue weighted by atomic mass is 35.5. The van der Waals surface area contributed by atoms with Crippen molar-refractivity contribution in [2.45, 2.75) is 13.0 Å². The molecule has 2 heterocycles. The van der Waals surface area contributed by atoms with Crippen molar-refractivity contribution < 1.29 is 9.53 Å². The highest BCUT2D eigenvalue weighted by molar-refractivity contribution is 6.15. The Morgan fingerprint density at radius 2 is 1.68 bits per heavy atom. The number of aryl methyl sites for hydroxylation is 1. The summed E-state index contributed by atoms with van der Waals surface area (Å²) in [6.45, 7) is 3.52. The topological polar surface area (TPSA) is 117 Å². The molecule has 1 aliphatic rings. The summed E-state index contributed by atoms with van der Waals surface area (Å²) in [5, 5.41) is 10.9. The number of halogens is 1. The van der Waals surface area contributed by atoms with Gasteiger partial charge in [0, 0.05) is 50.1 Å². The van der Waals surface area contributed by atoms with Crippen LogP contribution in [0.1, 0.15) is 22.3 Å². The number of pyridine rings is 1. The standard InChI is InChI=1S/C27H31N5O3.CH3Cl.H3N/c1-29(2)13-6-14-32-24-8-5-4-7-22(24)25(23(19-28)27(32)34)30-15-17-31(18-16-30)26(33)20-9-11-21(35-3)12-10-20;1-2;/h4-5,7-12H,6,13-18H2,1-3H3;1H3;1H3. The monoisotopic (exact) mass is 540 g/mol. The van der Waals surface area contributed by atoms with Gasteiger partial charge in [0.05, 0.1) is 18.3 Å². The minimum Gasteiger partial charge on any atom is -0.497 e. The zero-order chi connectivity index (χ0) is 26.9. The van der Waals surface area contributed by atoms with Crippen LogP contribution in [0.3, 0.4) is 0 Å². The zero-order valence-corrected chi connectivity index (χ0v) is 23.4. The molecule has 9 nitrogen and oxygen atoms in total. The van der Waals surface area contributed by atoms with Crippen molar-refractivity contribution in [3.05, 3.63) is 70.0 Å². The Morgan fingerprint density at radius 3 is 2.26 bits per heavy atom. The van der Waals surface area contributed by atoms with Gasteiger partial charge in [0.1, 0.15) is 17.4 Å². The zero-order valence-electron chi connectivity index (χ0n) is 22.6. The number of piperazine rings is 1. The van der Waals surface area contributed by atoms with Crippen LogP contribution in [-0.2, 0) is 6.54 Å². The Hall–Kier alpha value is -3.58. The van der Waals surface area contributed by atoms with Crippen LogP contribution in [0, 0.1) is 11.3 Å². The first-order chi connectivity index (χ1) is 17.9. The Labute approximate surface area is 229 Å². The fourth-order valence-corrected chi connectivity index (χ4v) is 4.64. The van der Waals surface area contributed by atoms with Crippen molar-refractivity contribution in [3.8, 4) is 11.8 Å². The molecule has 3 N–H and O–H groups in total. The van der Waals surface area contributed by atoms with E-state index in [1.165, 1.54) is 6.38 Å². The first-order valence-electron chi connectivity index (χ1n) is 12.2. The molecule has 10 heteroatoms. The summed E-state index contributed by atoms with van der Waals surface area (Å²) in [4.78, 5) is 32.3. The van der Waals surface area contributed by atoms with Gasteiger partial charge in [0.2, 0.25) is 0 Å². The van der Waals surface area contributed by atoms with Crippen LogP contribution in [0.4, 0.5) is 5.69 Å². The number of hydrogen-bond donors (Lipinski definition) is 1. The molecule has 0 atom stereocenters. The molecule has 0 unspecified atom stereocenters. The molecule has 1 aromatic heterocycles.